The molecule has 2 saturated heterocycles. The minimum absolute atomic E-state index is 0.153. The highest BCUT2D eigenvalue weighted by Gasteiger charge is 2.44. The van der Waals surface area contributed by atoms with E-state index in [0.29, 0.717) is 6.04 Å². The molecular formula is C18H19N2S-. The Hall–Kier alpha value is -1.45. The van der Waals surface area contributed by atoms with Gasteiger partial charge in [0.2, 0.25) is 0 Å². The molecule has 0 bridgehead atoms. The maximum absolute atomic E-state index is 5.90. The molecule has 0 amide bonds. The molecule has 3 heteroatoms. The van der Waals surface area contributed by atoms with Gasteiger partial charge in [0.05, 0.1) is 0 Å². The van der Waals surface area contributed by atoms with Gasteiger partial charge < -0.3 is 17.5 Å². The standard InChI is InChI=1S/C18H20N2S/c21-18-16-12-7-13-19(16)17(14-8-3-1-4-9-14)20(18)15-10-5-2-6-11-15/h1-6,8-11,16-18,21H,7,12-13H2/p-1. The third kappa shape index (κ3) is 2.16. The van der Waals surface area contributed by atoms with Crippen LogP contribution in [-0.2, 0) is 12.6 Å². The van der Waals surface area contributed by atoms with Crippen LogP contribution in [0.15, 0.2) is 60.7 Å². The lowest BCUT2D eigenvalue weighted by Crippen LogP contribution is -2.34. The molecule has 4 rings (SSSR count). The SMILES string of the molecule is [S-]C1C2CCCN2C(c2ccccc2)N1c1ccccc1. The highest BCUT2D eigenvalue weighted by molar-refractivity contribution is 7.59. The van der Waals surface area contributed by atoms with E-state index >= 15 is 0 Å². The first-order valence-electron chi connectivity index (χ1n) is 7.66. The highest BCUT2D eigenvalue weighted by Crippen LogP contribution is 2.44. The monoisotopic (exact) mass is 295 g/mol. The van der Waals surface area contributed by atoms with Crippen LogP contribution in [0, 0.1) is 0 Å². The summed E-state index contributed by atoms with van der Waals surface area (Å²) >= 11 is 5.90. The quantitative estimate of drug-likeness (QED) is 0.783. The minimum Gasteiger partial charge on any atom is -0.767 e. The van der Waals surface area contributed by atoms with E-state index in [9.17, 15) is 0 Å². The van der Waals surface area contributed by atoms with Gasteiger partial charge in [0.15, 0.2) is 0 Å². The van der Waals surface area contributed by atoms with E-state index in [1.165, 1.54) is 24.1 Å². The third-order valence-electron chi connectivity index (χ3n) is 4.68. The molecule has 0 N–H and O–H groups in total. The fourth-order valence-electron chi connectivity index (χ4n) is 3.77. The summed E-state index contributed by atoms with van der Waals surface area (Å²) in [5, 5.41) is 0.153. The number of anilines is 1. The van der Waals surface area contributed by atoms with E-state index in [1.807, 2.05) is 0 Å². The van der Waals surface area contributed by atoms with Crippen LogP contribution in [0.5, 0.6) is 0 Å². The van der Waals surface area contributed by atoms with Gasteiger partial charge in [-0.2, -0.15) is 0 Å². The molecule has 3 atom stereocenters. The van der Waals surface area contributed by atoms with Gasteiger partial charge >= 0.3 is 0 Å². The fourth-order valence-corrected chi connectivity index (χ4v) is 4.30. The molecule has 108 valence electrons. The first-order valence-corrected chi connectivity index (χ1v) is 8.13. The first kappa shape index (κ1) is 13.2. The zero-order valence-electron chi connectivity index (χ0n) is 11.9. The number of fused-ring (bicyclic) bond motifs is 1. The number of benzene rings is 2. The molecule has 2 fully saturated rings. The van der Waals surface area contributed by atoms with Crippen molar-refractivity contribution >= 4 is 18.3 Å². The van der Waals surface area contributed by atoms with Gasteiger partial charge in [-0.1, -0.05) is 53.9 Å². The Morgan fingerprint density at radius 1 is 0.905 bits per heavy atom. The molecule has 0 radical (unpaired) electrons. The van der Waals surface area contributed by atoms with Gasteiger partial charge in [0.25, 0.3) is 0 Å². The summed E-state index contributed by atoms with van der Waals surface area (Å²) in [4.78, 5) is 5.02. The second-order valence-electron chi connectivity index (χ2n) is 5.87. The molecule has 2 heterocycles. The molecule has 2 aromatic rings. The molecule has 2 aliphatic heterocycles. The Kier molecular flexibility index (Phi) is 3.40. The minimum atomic E-state index is 0.153. The van der Waals surface area contributed by atoms with Crippen LogP contribution in [0.4, 0.5) is 5.69 Å². The molecular weight excluding hydrogens is 276 g/mol. The summed E-state index contributed by atoms with van der Waals surface area (Å²) in [6.45, 7) is 1.15. The van der Waals surface area contributed by atoms with Crippen LogP contribution >= 0.6 is 0 Å². The van der Waals surface area contributed by atoms with Crippen molar-refractivity contribution in [3.63, 3.8) is 0 Å². The number of para-hydroxylation sites is 1. The molecule has 2 aliphatic rings. The Morgan fingerprint density at radius 3 is 2.29 bits per heavy atom. The second-order valence-corrected chi connectivity index (χ2v) is 6.35. The summed E-state index contributed by atoms with van der Waals surface area (Å²) in [6, 6.07) is 21.9. The van der Waals surface area contributed by atoms with E-state index < -0.39 is 0 Å². The molecule has 0 spiro atoms. The Labute approximate surface area is 131 Å². The molecule has 21 heavy (non-hydrogen) atoms. The lowest BCUT2D eigenvalue weighted by atomic mass is 10.1. The normalized spacial score (nSPS) is 28.8. The molecule has 0 saturated carbocycles. The summed E-state index contributed by atoms with van der Waals surface area (Å²) in [7, 11) is 0. The van der Waals surface area contributed by atoms with Gasteiger partial charge in [-0.25, -0.2) is 0 Å². The van der Waals surface area contributed by atoms with Crippen LogP contribution in [0.3, 0.4) is 0 Å². The Bertz CT molecular complexity index is 601. The lowest BCUT2D eigenvalue weighted by molar-refractivity contribution is 0.250. The van der Waals surface area contributed by atoms with E-state index in [2.05, 4.69) is 70.5 Å². The molecule has 3 unspecified atom stereocenters. The Balaban J connectivity index is 1.79. The van der Waals surface area contributed by atoms with Gasteiger partial charge in [-0.15, -0.1) is 0 Å². The number of nitrogens with zero attached hydrogens (tertiary/aromatic N) is 2. The van der Waals surface area contributed by atoms with Crippen molar-refractivity contribution in [1.82, 2.24) is 4.90 Å². The predicted octanol–water partition coefficient (Wildman–Crippen LogP) is 3.54. The summed E-state index contributed by atoms with van der Waals surface area (Å²) in [6.07, 6.45) is 2.77. The van der Waals surface area contributed by atoms with Crippen LogP contribution in [-0.4, -0.2) is 22.9 Å². The molecule has 0 aromatic heterocycles. The summed E-state index contributed by atoms with van der Waals surface area (Å²) in [5.41, 5.74) is 2.58. The van der Waals surface area contributed by atoms with Gasteiger partial charge in [0, 0.05) is 18.3 Å². The Morgan fingerprint density at radius 2 is 1.57 bits per heavy atom. The van der Waals surface area contributed by atoms with Crippen LogP contribution < -0.4 is 4.90 Å². The molecule has 0 aliphatic carbocycles. The van der Waals surface area contributed by atoms with E-state index in [-0.39, 0.29) is 11.5 Å². The second kappa shape index (κ2) is 5.39. The van der Waals surface area contributed by atoms with Crippen molar-refractivity contribution < 1.29 is 0 Å². The van der Waals surface area contributed by atoms with Crippen molar-refractivity contribution in [2.24, 2.45) is 0 Å². The van der Waals surface area contributed by atoms with Crippen LogP contribution in [0.1, 0.15) is 24.6 Å². The van der Waals surface area contributed by atoms with Gasteiger partial charge in [0.1, 0.15) is 6.17 Å². The predicted molar refractivity (Wildman–Crippen MR) is 89.0 cm³/mol. The number of hydrogen-bond donors (Lipinski definition) is 0. The number of hydrogen-bond acceptors (Lipinski definition) is 3. The van der Waals surface area contributed by atoms with Gasteiger partial charge in [-0.3, -0.25) is 4.90 Å². The summed E-state index contributed by atoms with van der Waals surface area (Å²) < 4.78 is 0. The van der Waals surface area contributed by atoms with Crippen molar-refractivity contribution in [2.75, 3.05) is 11.4 Å². The van der Waals surface area contributed by atoms with Crippen molar-refractivity contribution in [1.29, 1.82) is 0 Å². The van der Waals surface area contributed by atoms with Crippen LogP contribution in [0.25, 0.3) is 0 Å². The third-order valence-corrected chi connectivity index (χ3v) is 5.22. The average molecular weight is 295 g/mol. The van der Waals surface area contributed by atoms with Crippen molar-refractivity contribution in [2.45, 2.75) is 30.4 Å². The van der Waals surface area contributed by atoms with E-state index in [1.54, 1.807) is 0 Å². The first-order chi connectivity index (χ1) is 10.4. The topological polar surface area (TPSA) is 6.48 Å². The van der Waals surface area contributed by atoms with Crippen molar-refractivity contribution in [3.8, 4) is 0 Å². The zero-order valence-corrected chi connectivity index (χ0v) is 12.7. The average Bonchev–Trinajstić information content (AvgIpc) is 3.11. The fraction of sp³-hybridized carbons (Fsp3) is 0.333. The summed E-state index contributed by atoms with van der Waals surface area (Å²) in [5.74, 6) is 0. The zero-order chi connectivity index (χ0) is 14.2. The molecule has 2 nitrogen and oxygen atoms in total. The van der Waals surface area contributed by atoms with Crippen LogP contribution in [0.2, 0.25) is 0 Å². The van der Waals surface area contributed by atoms with E-state index in [0.717, 1.165) is 6.54 Å². The van der Waals surface area contributed by atoms with E-state index in [4.69, 9.17) is 12.6 Å². The number of rotatable bonds is 2. The lowest BCUT2D eigenvalue weighted by Gasteiger charge is -2.38. The highest BCUT2D eigenvalue weighted by atomic mass is 32.1. The molecule has 2 aromatic carbocycles. The smallest absolute Gasteiger partial charge is 0.107 e. The largest absolute Gasteiger partial charge is 0.767 e. The maximum atomic E-state index is 5.90. The maximum Gasteiger partial charge on any atom is 0.107 e. The van der Waals surface area contributed by atoms with Gasteiger partial charge in [-0.05, 0) is 30.5 Å². The van der Waals surface area contributed by atoms with Crippen molar-refractivity contribution in [3.05, 3.63) is 66.2 Å².